The van der Waals surface area contributed by atoms with Gasteiger partial charge in [0.05, 0.1) is 0 Å². The Kier molecular flexibility index (Phi) is 2.98. The highest BCUT2D eigenvalue weighted by Crippen LogP contribution is 2.44. The van der Waals surface area contributed by atoms with E-state index >= 15 is 0 Å². The van der Waals surface area contributed by atoms with Crippen molar-refractivity contribution in [2.75, 3.05) is 6.54 Å². The molecule has 0 amide bonds. The van der Waals surface area contributed by atoms with Gasteiger partial charge in [-0.2, -0.15) is 0 Å². The third kappa shape index (κ3) is 2.93. The first-order chi connectivity index (χ1) is 7.09. The van der Waals surface area contributed by atoms with Gasteiger partial charge in [-0.05, 0) is 42.0 Å². The highest BCUT2D eigenvalue weighted by molar-refractivity contribution is 6.31. The number of hydrogen-bond acceptors (Lipinski definition) is 1. The van der Waals surface area contributed by atoms with Gasteiger partial charge in [0.25, 0.3) is 0 Å². The van der Waals surface area contributed by atoms with E-state index in [1.54, 1.807) is 6.07 Å². The molecule has 1 nitrogen and oxygen atoms in total. The van der Waals surface area contributed by atoms with E-state index in [0.29, 0.717) is 17.0 Å². The zero-order chi connectivity index (χ0) is 10.9. The van der Waals surface area contributed by atoms with Crippen molar-refractivity contribution in [3.8, 4) is 0 Å². The highest BCUT2D eigenvalue weighted by Gasteiger charge is 2.36. The van der Waals surface area contributed by atoms with Crippen LogP contribution in [-0.2, 0) is 6.54 Å². The Morgan fingerprint density at radius 2 is 2.20 bits per heavy atom. The average Bonchev–Trinajstić information content (AvgIpc) is 2.90. The zero-order valence-corrected chi connectivity index (χ0v) is 9.57. The Labute approximate surface area is 94.6 Å². The van der Waals surface area contributed by atoms with Crippen molar-refractivity contribution in [2.24, 2.45) is 5.41 Å². The molecule has 1 aliphatic rings. The van der Waals surface area contributed by atoms with E-state index in [1.165, 1.54) is 25.0 Å². The maximum absolute atomic E-state index is 12.9. The highest BCUT2D eigenvalue weighted by atomic mass is 35.5. The molecule has 0 unspecified atom stereocenters. The molecule has 0 aliphatic heterocycles. The Hall–Kier alpha value is -0.600. The van der Waals surface area contributed by atoms with Gasteiger partial charge in [-0.1, -0.05) is 18.5 Å². The fourth-order valence-corrected chi connectivity index (χ4v) is 1.75. The summed E-state index contributed by atoms with van der Waals surface area (Å²) in [6, 6.07) is 4.48. The Balaban J connectivity index is 1.89. The molecule has 0 aromatic heterocycles. The largest absolute Gasteiger partial charge is 0.312 e. The molecule has 1 saturated carbocycles. The van der Waals surface area contributed by atoms with Crippen molar-refractivity contribution in [1.29, 1.82) is 0 Å². The molecule has 82 valence electrons. The molecule has 2 rings (SSSR count). The summed E-state index contributed by atoms with van der Waals surface area (Å²) in [5.74, 6) is -0.228. The summed E-state index contributed by atoms with van der Waals surface area (Å²) in [5, 5.41) is 3.95. The Morgan fingerprint density at radius 3 is 2.87 bits per heavy atom. The molecule has 0 bridgehead atoms. The summed E-state index contributed by atoms with van der Waals surface area (Å²) < 4.78 is 12.9. The third-order valence-corrected chi connectivity index (χ3v) is 3.35. The predicted octanol–water partition coefficient (Wildman–Crippen LogP) is 3.37. The lowest BCUT2D eigenvalue weighted by Crippen LogP contribution is -2.21. The van der Waals surface area contributed by atoms with Crippen LogP contribution in [0.15, 0.2) is 18.2 Å². The van der Waals surface area contributed by atoms with Gasteiger partial charge in [-0.25, -0.2) is 4.39 Å². The van der Waals surface area contributed by atoms with Crippen molar-refractivity contribution >= 4 is 11.6 Å². The second kappa shape index (κ2) is 4.11. The first kappa shape index (κ1) is 10.9. The van der Waals surface area contributed by atoms with E-state index in [1.807, 2.05) is 0 Å². The summed E-state index contributed by atoms with van der Waals surface area (Å²) >= 11 is 5.96. The number of nitrogens with one attached hydrogen (secondary N) is 1. The number of hydrogen-bond donors (Lipinski definition) is 1. The quantitative estimate of drug-likeness (QED) is 0.832. The molecule has 1 aromatic carbocycles. The number of halogens is 2. The molecular formula is C12H15ClFN. The van der Waals surface area contributed by atoms with Crippen LogP contribution in [0.3, 0.4) is 0 Å². The van der Waals surface area contributed by atoms with Crippen molar-refractivity contribution in [3.05, 3.63) is 34.6 Å². The minimum Gasteiger partial charge on any atom is -0.312 e. The molecule has 1 N–H and O–H groups in total. The van der Waals surface area contributed by atoms with Crippen LogP contribution in [0.4, 0.5) is 4.39 Å². The fourth-order valence-electron chi connectivity index (χ4n) is 1.57. The van der Waals surface area contributed by atoms with E-state index in [2.05, 4.69) is 12.2 Å². The van der Waals surface area contributed by atoms with E-state index < -0.39 is 0 Å². The first-order valence-electron chi connectivity index (χ1n) is 5.24. The van der Waals surface area contributed by atoms with Crippen LogP contribution in [0.2, 0.25) is 5.02 Å². The molecule has 0 spiro atoms. The van der Waals surface area contributed by atoms with E-state index in [9.17, 15) is 4.39 Å². The average molecular weight is 228 g/mol. The third-order valence-electron chi connectivity index (χ3n) is 2.98. The maximum Gasteiger partial charge on any atom is 0.123 e. The van der Waals surface area contributed by atoms with Gasteiger partial charge in [-0.15, -0.1) is 0 Å². The lowest BCUT2D eigenvalue weighted by molar-refractivity contribution is 0.498. The molecular weight excluding hydrogens is 213 g/mol. The molecule has 1 fully saturated rings. The second-order valence-electron chi connectivity index (χ2n) is 4.65. The van der Waals surface area contributed by atoms with Gasteiger partial charge in [-0.3, -0.25) is 0 Å². The molecule has 1 aromatic rings. The van der Waals surface area contributed by atoms with Crippen molar-refractivity contribution in [1.82, 2.24) is 5.32 Å². The van der Waals surface area contributed by atoms with Crippen LogP contribution in [0, 0.1) is 11.2 Å². The first-order valence-corrected chi connectivity index (χ1v) is 5.62. The topological polar surface area (TPSA) is 12.0 Å². The van der Waals surface area contributed by atoms with Gasteiger partial charge in [0.15, 0.2) is 0 Å². The lowest BCUT2D eigenvalue weighted by atomic mass is 10.1. The van der Waals surface area contributed by atoms with Gasteiger partial charge >= 0.3 is 0 Å². The standard InChI is InChI=1S/C12H15ClFN/c1-12(4-5-12)8-15-7-9-6-10(14)2-3-11(9)13/h2-3,6,15H,4-5,7-8H2,1H3. The van der Waals surface area contributed by atoms with E-state index in [4.69, 9.17) is 11.6 Å². The van der Waals surface area contributed by atoms with Crippen LogP contribution < -0.4 is 5.32 Å². The van der Waals surface area contributed by atoms with Crippen molar-refractivity contribution in [2.45, 2.75) is 26.3 Å². The molecule has 3 heteroatoms. The summed E-state index contributed by atoms with van der Waals surface area (Å²) in [6.45, 7) is 3.89. The van der Waals surface area contributed by atoms with Crippen molar-refractivity contribution in [3.63, 3.8) is 0 Å². The summed E-state index contributed by atoms with van der Waals surface area (Å²) in [5.41, 5.74) is 1.31. The van der Waals surface area contributed by atoms with Crippen LogP contribution in [0.1, 0.15) is 25.3 Å². The summed E-state index contributed by atoms with van der Waals surface area (Å²) in [4.78, 5) is 0. The minimum atomic E-state index is -0.228. The molecule has 15 heavy (non-hydrogen) atoms. The smallest absolute Gasteiger partial charge is 0.123 e. The van der Waals surface area contributed by atoms with E-state index in [-0.39, 0.29) is 5.82 Å². The normalized spacial score (nSPS) is 17.8. The molecule has 0 saturated heterocycles. The van der Waals surface area contributed by atoms with Crippen LogP contribution in [0.5, 0.6) is 0 Å². The summed E-state index contributed by atoms with van der Waals surface area (Å²) in [7, 11) is 0. The molecule has 0 radical (unpaired) electrons. The van der Waals surface area contributed by atoms with Gasteiger partial charge in [0.2, 0.25) is 0 Å². The second-order valence-corrected chi connectivity index (χ2v) is 5.06. The van der Waals surface area contributed by atoms with Crippen molar-refractivity contribution < 1.29 is 4.39 Å². The summed E-state index contributed by atoms with van der Waals surface area (Å²) in [6.07, 6.45) is 2.58. The number of benzene rings is 1. The molecule has 0 heterocycles. The fraction of sp³-hybridized carbons (Fsp3) is 0.500. The van der Waals surface area contributed by atoms with Gasteiger partial charge < -0.3 is 5.32 Å². The predicted molar refractivity (Wildman–Crippen MR) is 60.5 cm³/mol. The minimum absolute atomic E-state index is 0.228. The van der Waals surface area contributed by atoms with Crippen LogP contribution in [-0.4, -0.2) is 6.54 Å². The zero-order valence-electron chi connectivity index (χ0n) is 8.82. The lowest BCUT2D eigenvalue weighted by Gasteiger charge is -2.10. The van der Waals surface area contributed by atoms with Crippen LogP contribution in [0.25, 0.3) is 0 Å². The van der Waals surface area contributed by atoms with E-state index in [0.717, 1.165) is 12.1 Å². The molecule has 0 atom stereocenters. The maximum atomic E-state index is 12.9. The van der Waals surface area contributed by atoms with Crippen LogP contribution >= 0.6 is 11.6 Å². The molecule has 1 aliphatic carbocycles. The van der Waals surface area contributed by atoms with Gasteiger partial charge in [0, 0.05) is 18.1 Å². The SMILES string of the molecule is CC1(CNCc2cc(F)ccc2Cl)CC1. The number of rotatable bonds is 4. The monoisotopic (exact) mass is 227 g/mol. The Bertz CT molecular complexity index is 361. The Morgan fingerprint density at radius 1 is 1.47 bits per heavy atom. The van der Waals surface area contributed by atoms with Gasteiger partial charge in [0.1, 0.15) is 5.82 Å².